The van der Waals surface area contributed by atoms with Gasteiger partial charge in [0.2, 0.25) is 0 Å². The second-order valence-electron chi connectivity index (χ2n) is 14.2. The van der Waals surface area contributed by atoms with Gasteiger partial charge in [0.1, 0.15) is 5.82 Å². The molecule has 1 rings (SSSR count). The summed E-state index contributed by atoms with van der Waals surface area (Å²) >= 11 is 0. The van der Waals surface area contributed by atoms with Gasteiger partial charge < -0.3 is 0 Å². The van der Waals surface area contributed by atoms with Crippen molar-refractivity contribution in [2.24, 2.45) is 0 Å². The van der Waals surface area contributed by atoms with Crippen LogP contribution in [0.15, 0.2) is 6.07 Å². The molecule has 2 nitrogen and oxygen atoms in total. The summed E-state index contributed by atoms with van der Waals surface area (Å²) in [5, 5.41) is 0. The normalized spacial score (nSPS) is 11.5. The van der Waals surface area contributed by atoms with Crippen LogP contribution in [0.2, 0.25) is 0 Å². The van der Waals surface area contributed by atoms with Crippen molar-refractivity contribution in [1.82, 2.24) is 9.97 Å². The summed E-state index contributed by atoms with van der Waals surface area (Å²) in [4.78, 5) is 9.75. The first-order valence-corrected chi connectivity index (χ1v) is 20.7. The maximum absolute atomic E-state index is 4.87. The fraction of sp³-hybridized carbons (Fsp3) is 0.905. The van der Waals surface area contributed by atoms with E-state index in [0.29, 0.717) is 0 Å². The summed E-state index contributed by atoms with van der Waals surface area (Å²) in [5.41, 5.74) is 2.60. The van der Waals surface area contributed by atoms with Crippen molar-refractivity contribution >= 4 is 0 Å². The van der Waals surface area contributed by atoms with Gasteiger partial charge in [0.25, 0.3) is 0 Å². The van der Waals surface area contributed by atoms with E-state index in [0.717, 1.165) is 25.1 Å². The van der Waals surface area contributed by atoms with Gasteiger partial charge in [0, 0.05) is 17.8 Å². The molecule has 0 bridgehead atoms. The molecule has 0 saturated heterocycles. The number of aromatic nitrogens is 2. The van der Waals surface area contributed by atoms with Crippen LogP contribution in [0.1, 0.15) is 243 Å². The Morgan fingerprint density at radius 2 is 0.545 bits per heavy atom. The van der Waals surface area contributed by atoms with Gasteiger partial charge >= 0.3 is 0 Å². The Bertz CT molecular complexity index is 645. The van der Waals surface area contributed by atoms with Crippen LogP contribution in [-0.2, 0) is 19.3 Å². The molecule has 0 amide bonds. The molecule has 0 aliphatic rings. The molecule has 0 aliphatic carbocycles. The maximum Gasteiger partial charge on any atom is 0.128 e. The minimum absolute atomic E-state index is 0.957. The number of hydrogen-bond acceptors (Lipinski definition) is 2. The molecule has 2 heteroatoms. The molecule has 0 radical (unpaired) electrons. The van der Waals surface area contributed by atoms with Gasteiger partial charge in [-0.2, -0.15) is 0 Å². The second kappa shape index (κ2) is 33.4. The monoisotopic (exact) mass is 613 g/mol. The lowest BCUT2D eigenvalue weighted by Gasteiger charge is -2.08. The van der Waals surface area contributed by atoms with Crippen LogP contribution in [-0.4, -0.2) is 9.97 Å². The Labute approximate surface area is 278 Å². The predicted octanol–water partition coefficient (Wildman–Crippen LogP) is 14.6. The lowest BCUT2D eigenvalue weighted by molar-refractivity contribution is 0.528. The van der Waals surface area contributed by atoms with Gasteiger partial charge in [0.05, 0.1) is 0 Å². The van der Waals surface area contributed by atoms with Crippen molar-refractivity contribution in [2.45, 2.75) is 245 Å². The first kappa shape index (κ1) is 41.1. The quantitative estimate of drug-likeness (QED) is 0.0713. The average Bonchev–Trinajstić information content (AvgIpc) is 3.04. The van der Waals surface area contributed by atoms with Gasteiger partial charge in [-0.05, 0) is 31.7 Å². The maximum atomic E-state index is 4.87. The average molecular weight is 613 g/mol. The smallest absolute Gasteiger partial charge is 0.128 e. The lowest BCUT2D eigenvalue weighted by Crippen LogP contribution is -2.03. The van der Waals surface area contributed by atoms with Crippen molar-refractivity contribution < 1.29 is 0 Å². The second-order valence-corrected chi connectivity index (χ2v) is 14.2. The third kappa shape index (κ3) is 27.4. The van der Waals surface area contributed by atoms with Crippen molar-refractivity contribution in [3.05, 3.63) is 23.3 Å². The van der Waals surface area contributed by atoms with Crippen LogP contribution in [0.5, 0.6) is 0 Å². The highest BCUT2D eigenvalue weighted by molar-refractivity contribution is 5.12. The van der Waals surface area contributed by atoms with E-state index in [1.807, 2.05) is 0 Å². The molecule has 44 heavy (non-hydrogen) atoms. The number of rotatable bonds is 35. The van der Waals surface area contributed by atoms with Crippen LogP contribution in [0, 0.1) is 0 Å². The predicted molar refractivity (Wildman–Crippen MR) is 198 cm³/mol. The van der Waals surface area contributed by atoms with E-state index in [4.69, 9.17) is 9.97 Å². The van der Waals surface area contributed by atoms with Gasteiger partial charge in [-0.3, -0.25) is 0 Å². The molecular weight excluding hydrogens is 532 g/mol. The Kier molecular flexibility index (Phi) is 31.2. The number of hydrogen-bond donors (Lipinski definition) is 0. The van der Waals surface area contributed by atoms with Gasteiger partial charge in [-0.25, -0.2) is 9.97 Å². The molecule has 1 aromatic heterocycles. The van der Waals surface area contributed by atoms with Crippen LogP contribution in [0.25, 0.3) is 0 Å². The fourth-order valence-electron chi connectivity index (χ4n) is 6.74. The molecule has 0 atom stereocenters. The van der Waals surface area contributed by atoms with Crippen molar-refractivity contribution in [3.8, 4) is 0 Å². The zero-order valence-electron chi connectivity index (χ0n) is 30.7. The highest BCUT2D eigenvalue weighted by Crippen LogP contribution is 2.17. The summed E-state index contributed by atoms with van der Waals surface area (Å²) in [6, 6.07) is 2.33. The Morgan fingerprint density at radius 3 is 0.773 bits per heavy atom. The van der Waals surface area contributed by atoms with E-state index in [1.54, 1.807) is 0 Å². The van der Waals surface area contributed by atoms with E-state index < -0.39 is 0 Å². The Balaban J connectivity index is 1.97. The van der Waals surface area contributed by atoms with E-state index in [2.05, 4.69) is 26.8 Å². The number of unbranched alkanes of at least 4 members (excludes halogenated alkanes) is 30. The third-order valence-electron chi connectivity index (χ3n) is 9.77. The van der Waals surface area contributed by atoms with E-state index in [-0.39, 0.29) is 0 Å². The summed E-state index contributed by atoms with van der Waals surface area (Å²) < 4.78 is 0. The van der Waals surface area contributed by atoms with Crippen LogP contribution in [0.4, 0.5) is 0 Å². The number of nitrogens with zero attached hydrogens (tertiary/aromatic N) is 2. The molecule has 0 spiro atoms. The Hall–Kier alpha value is -0.920. The largest absolute Gasteiger partial charge is 0.238 e. The van der Waals surface area contributed by atoms with E-state index >= 15 is 0 Å². The standard InChI is InChI=1S/C42H80N2/c1-4-7-9-11-13-15-17-19-21-23-25-27-29-31-33-35-37-40-39-41(44-42(6-3)43-40)38-36-34-32-30-28-26-24-22-20-18-16-14-12-10-8-5-2/h39H,4-38H2,1-3H3. The highest BCUT2D eigenvalue weighted by Gasteiger charge is 2.05. The summed E-state index contributed by atoms with van der Waals surface area (Å²) in [5.74, 6) is 1.06. The third-order valence-corrected chi connectivity index (χ3v) is 9.77. The van der Waals surface area contributed by atoms with Gasteiger partial charge in [-0.15, -0.1) is 0 Å². The lowest BCUT2D eigenvalue weighted by atomic mass is 10.0. The minimum Gasteiger partial charge on any atom is -0.238 e. The van der Waals surface area contributed by atoms with Gasteiger partial charge in [0.15, 0.2) is 0 Å². The zero-order chi connectivity index (χ0) is 31.6. The minimum atomic E-state index is 0.957. The molecule has 0 N–H and O–H groups in total. The van der Waals surface area contributed by atoms with Crippen LogP contribution in [0.3, 0.4) is 0 Å². The molecule has 1 heterocycles. The van der Waals surface area contributed by atoms with Crippen molar-refractivity contribution in [1.29, 1.82) is 0 Å². The fourth-order valence-corrected chi connectivity index (χ4v) is 6.74. The summed E-state index contributed by atoms with van der Waals surface area (Å²) in [6.07, 6.45) is 49.0. The van der Waals surface area contributed by atoms with Crippen LogP contribution >= 0.6 is 0 Å². The zero-order valence-corrected chi connectivity index (χ0v) is 30.7. The summed E-state index contributed by atoms with van der Waals surface area (Å²) in [6.45, 7) is 6.81. The highest BCUT2D eigenvalue weighted by atomic mass is 14.9. The molecule has 0 unspecified atom stereocenters. The Morgan fingerprint density at radius 1 is 0.318 bits per heavy atom. The molecule has 0 saturated carbocycles. The van der Waals surface area contributed by atoms with Crippen molar-refractivity contribution in [2.75, 3.05) is 0 Å². The van der Waals surface area contributed by atoms with E-state index in [1.165, 1.54) is 217 Å². The molecule has 0 fully saturated rings. The number of aryl methyl sites for hydroxylation is 3. The topological polar surface area (TPSA) is 25.8 Å². The SMILES string of the molecule is CCCCCCCCCCCCCCCCCCc1cc(CCCCCCCCCCCCCCCCCC)nc(CC)n1. The first-order valence-electron chi connectivity index (χ1n) is 20.7. The summed E-state index contributed by atoms with van der Waals surface area (Å²) in [7, 11) is 0. The molecule has 258 valence electrons. The van der Waals surface area contributed by atoms with Gasteiger partial charge in [-0.1, -0.05) is 213 Å². The molecular formula is C42H80N2. The van der Waals surface area contributed by atoms with E-state index in [9.17, 15) is 0 Å². The first-order chi connectivity index (χ1) is 21.8. The molecule has 0 aromatic carbocycles. The molecule has 1 aromatic rings. The van der Waals surface area contributed by atoms with Crippen molar-refractivity contribution in [3.63, 3.8) is 0 Å². The molecule has 0 aliphatic heterocycles. The van der Waals surface area contributed by atoms with Crippen LogP contribution < -0.4 is 0 Å².